The van der Waals surface area contributed by atoms with E-state index in [2.05, 4.69) is 0 Å². The molecular formula is MgO3SiY+3. The van der Waals surface area contributed by atoms with Crippen LogP contribution < -0.4 is 9.59 Å². The molecule has 0 aromatic rings. The minimum Gasteiger partial charge on any atom is -0.672 e. The van der Waals surface area contributed by atoms with Gasteiger partial charge in [-0.2, -0.15) is 0 Å². The van der Waals surface area contributed by atoms with Crippen molar-refractivity contribution >= 4 is 32.2 Å². The Morgan fingerprint density at radius 2 is 1.33 bits per heavy atom. The molecule has 0 N–H and O–H groups in total. The van der Waals surface area contributed by atoms with Crippen molar-refractivity contribution in [1.29, 1.82) is 0 Å². The van der Waals surface area contributed by atoms with E-state index in [0.717, 1.165) is 0 Å². The van der Waals surface area contributed by atoms with Crippen LogP contribution in [0.5, 0.6) is 0 Å². The van der Waals surface area contributed by atoms with E-state index >= 15 is 0 Å². The van der Waals surface area contributed by atoms with Crippen molar-refractivity contribution in [3.8, 4) is 0 Å². The quantitative estimate of drug-likeness (QED) is 0.376. The van der Waals surface area contributed by atoms with Crippen LogP contribution >= 0.6 is 0 Å². The Bertz CT molecular complexity index is 33.8. The molecule has 0 heterocycles. The molecule has 0 radical (unpaired) electrons. The molecule has 0 saturated heterocycles. The Morgan fingerprint density at radius 3 is 1.33 bits per heavy atom. The molecule has 0 amide bonds. The molecule has 0 aromatic heterocycles. The van der Waals surface area contributed by atoms with Crippen LogP contribution in [0.25, 0.3) is 0 Å². The van der Waals surface area contributed by atoms with E-state index in [9.17, 15) is 0 Å². The second-order valence-electron chi connectivity index (χ2n) is 0.250. The second-order valence-corrected chi connectivity index (χ2v) is 0.750. The third-order valence-corrected chi connectivity index (χ3v) is 0. The molecule has 0 atom stereocenters. The first kappa shape index (κ1) is 15.6. The normalized spacial score (nSPS) is 4.00. The molecule has 24 valence electrons. The van der Waals surface area contributed by atoms with Gasteiger partial charge in [0.1, 0.15) is 0 Å². The molecule has 0 bridgehead atoms. The molecule has 0 rings (SSSR count). The van der Waals surface area contributed by atoms with Gasteiger partial charge in [0, 0.05) is 9.17 Å². The average molecular weight is 189 g/mol. The molecule has 6 heteroatoms. The van der Waals surface area contributed by atoms with Gasteiger partial charge in [0.25, 0.3) is 0 Å². The van der Waals surface area contributed by atoms with Gasteiger partial charge in [-0.3, -0.25) is 0 Å². The van der Waals surface area contributed by atoms with Crippen molar-refractivity contribution in [3.63, 3.8) is 0 Å². The Morgan fingerprint density at radius 1 is 1.33 bits per heavy atom. The first-order valence-corrected chi connectivity index (χ1v) is 1.84. The van der Waals surface area contributed by atoms with E-state index in [1.54, 1.807) is 0 Å². The third kappa shape index (κ3) is 50.0. The fourth-order valence-corrected chi connectivity index (χ4v) is 0. The zero-order valence-electron chi connectivity index (χ0n) is 3.01. The van der Waals surface area contributed by atoms with Crippen LogP contribution in [0, 0.1) is 0 Å². The molecule has 0 aromatic carbocycles. The minimum absolute atomic E-state index is 0. The van der Waals surface area contributed by atoms with E-state index in [-0.39, 0.29) is 55.8 Å². The van der Waals surface area contributed by atoms with E-state index in [4.69, 9.17) is 14.1 Å². The molecule has 0 fully saturated rings. The summed E-state index contributed by atoms with van der Waals surface area (Å²) in [6, 6.07) is 0. The number of hydrogen-bond donors (Lipinski definition) is 0. The summed E-state index contributed by atoms with van der Waals surface area (Å²) < 4.78 is 8.52. The topological polar surface area (TPSA) is 63.2 Å². The molecule has 6 heavy (non-hydrogen) atoms. The summed E-state index contributed by atoms with van der Waals surface area (Å²) in [7, 11) is -3.63. The maximum Gasteiger partial charge on any atom is 3.00 e. The van der Waals surface area contributed by atoms with Crippen molar-refractivity contribution in [1.82, 2.24) is 0 Å². The molecule has 0 unspecified atom stereocenters. The Labute approximate surface area is 78.1 Å². The van der Waals surface area contributed by atoms with Crippen molar-refractivity contribution in [2.45, 2.75) is 0 Å². The first-order valence-electron chi connectivity index (χ1n) is 0.612. The predicted octanol–water partition coefficient (Wildman–Crippen LogP) is -3.26. The maximum absolute atomic E-state index is 8.52. The molecule has 0 aliphatic heterocycles. The SMILES string of the molecule is O=[Si]([O-])[O-].[Mg+2].[Y+3]. The summed E-state index contributed by atoms with van der Waals surface area (Å²) in [4.78, 5) is 17.0. The molecule has 3 nitrogen and oxygen atoms in total. The van der Waals surface area contributed by atoms with Crippen LogP contribution in [0.3, 0.4) is 0 Å². The Hall–Kier alpha value is 1.49. The van der Waals surface area contributed by atoms with Crippen LogP contribution in [0.2, 0.25) is 0 Å². The van der Waals surface area contributed by atoms with Crippen LogP contribution in [0.1, 0.15) is 0 Å². The van der Waals surface area contributed by atoms with Crippen molar-refractivity contribution in [2.24, 2.45) is 0 Å². The van der Waals surface area contributed by atoms with E-state index in [1.807, 2.05) is 0 Å². The van der Waals surface area contributed by atoms with Crippen molar-refractivity contribution < 1.29 is 46.8 Å². The summed E-state index contributed by atoms with van der Waals surface area (Å²) >= 11 is 0. The Kier molecular flexibility index (Phi) is 25.3. The zero-order valence-corrected chi connectivity index (χ0v) is 8.26. The summed E-state index contributed by atoms with van der Waals surface area (Å²) in [5.74, 6) is 0. The van der Waals surface area contributed by atoms with Crippen LogP contribution in [-0.2, 0) is 37.2 Å². The van der Waals surface area contributed by atoms with Gasteiger partial charge in [0.05, 0.1) is 0 Å². The van der Waals surface area contributed by atoms with Gasteiger partial charge in [0.2, 0.25) is 0 Å². The smallest absolute Gasteiger partial charge is 0.672 e. The van der Waals surface area contributed by atoms with Crippen LogP contribution in [-0.4, -0.2) is 32.2 Å². The van der Waals surface area contributed by atoms with Gasteiger partial charge in [0.15, 0.2) is 0 Å². The minimum atomic E-state index is -3.63. The second kappa shape index (κ2) is 9.70. The van der Waals surface area contributed by atoms with Gasteiger partial charge in [-0.15, -0.1) is 0 Å². The van der Waals surface area contributed by atoms with Gasteiger partial charge in [-0.25, -0.2) is 0 Å². The summed E-state index contributed by atoms with van der Waals surface area (Å²) in [5.41, 5.74) is 0. The third-order valence-electron chi connectivity index (χ3n) is 0. The molecule has 0 saturated carbocycles. The van der Waals surface area contributed by atoms with E-state index < -0.39 is 9.17 Å². The standard InChI is InChI=1S/Mg.O3Si.Y/c;1-4(2)3;/q+2;-2;+3. The summed E-state index contributed by atoms with van der Waals surface area (Å²) in [6.45, 7) is 0. The van der Waals surface area contributed by atoms with Gasteiger partial charge in [-0.1, -0.05) is 0 Å². The zero-order chi connectivity index (χ0) is 3.58. The molecule has 0 aliphatic carbocycles. The van der Waals surface area contributed by atoms with Gasteiger partial charge < -0.3 is 14.1 Å². The van der Waals surface area contributed by atoms with Gasteiger partial charge in [-0.05, 0) is 0 Å². The van der Waals surface area contributed by atoms with Crippen LogP contribution in [0.15, 0.2) is 0 Å². The van der Waals surface area contributed by atoms with Gasteiger partial charge >= 0.3 is 55.8 Å². The Balaban J connectivity index is -0.0000000450. The fraction of sp³-hybridized carbons (Fsp3) is 0. The molecule has 0 aliphatic rings. The first-order chi connectivity index (χ1) is 1.73. The molecule has 0 spiro atoms. The van der Waals surface area contributed by atoms with Crippen LogP contribution in [0.4, 0.5) is 0 Å². The number of rotatable bonds is 0. The largest absolute Gasteiger partial charge is 3.00 e. The fourth-order valence-electron chi connectivity index (χ4n) is 0. The van der Waals surface area contributed by atoms with E-state index in [1.165, 1.54) is 0 Å². The summed E-state index contributed by atoms with van der Waals surface area (Å²) in [6.07, 6.45) is 0. The average Bonchev–Trinajstić information content (AvgIpc) is 0.811. The molecular weight excluding hydrogens is 189 g/mol. The number of hydrogen-bond acceptors (Lipinski definition) is 3. The van der Waals surface area contributed by atoms with Crippen molar-refractivity contribution in [2.75, 3.05) is 0 Å². The summed E-state index contributed by atoms with van der Waals surface area (Å²) in [5, 5.41) is 0. The monoisotopic (exact) mass is 189 g/mol. The maximum atomic E-state index is 8.52. The predicted molar refractivity (Wildman–Crippen MR) is 12.2 cm³/mol. The van der Waals surface area contributed by atoms with Crippen molar-refractivity contribution in [3.05, 3.63) is 0 Å². The van der Waals surface area contributed by atoms with E-state index in [0.29, 0.717) is 0 Å².